The molecule has 0 N–H and O–H groups in total. The summed E-state index contributed by atoms with van der Waals surface area (Å²) >= 11 is 11.7. The molecule has 1 fully saturated rings. The Morgan fingerprint density at radius 2 is 1.95 bits per heavy atom. The molecule has 21 heavy (non-hydrogen) atoms. The van der Waals surface area contributed by atoms with Crippen LogP contribution in [0.1, 0.15) is 43.0 Å². The number of hydrogen-bond donors (Lipinski definition) is 0. The first kappa shape index (κ1) is 16.8. The summed E-state index contributed by atoms with van der Waals surface area (Å²) in [6, 6.07) is 4.44. The fourth-order valence-corrected chi connectivity index (χ4v) is 4.97. The predicted octanol–water partition coefficient (Wildman–Crippen LogP) is 4.17. The van der Waals surface area contributed by atoms with Gasteiger partial charge in [0.25, 0.3) is 0 Å². The van der Waals surface area contributed by atoms with Crippen molar-refractivity contribution >= 4 is 38.8 Å². The molecule has 1 aliphatic carbocycles. The number of carbonyl (C=O) groups is 1. The molecular weight excluding hydrogens is 331 g/mol. The van der Waals surface area contributed by atoms with Crippen molar-refractivity contribution in [2.45, 2.75) is 37.9 Å². The largest absolute Gasteiger partial charge is 0.293 e. The van der Waals surface area contributed by atoms with E-state index in [-0.39, 0.29) is 10.6 Å². The van der Waals surface area contributed by atoms with Gasteiger partial charge in [0.1, 0.15) is 5.75 Å². The normalized spacial score (nSPS) is 23.0. The van der Waals surface area contributed by atoms with Gasteiger partial charge in [-0.2, -0.15) is 0 Å². The second kappa shape index (κ2) is 6.67. The maximum Gasteiger partial charge on any atom is 0.177 e. The standard InChI is InChI=1S/C15H18Cl2O3S/c1-10-3-2-4-12(7-10)21(19,20)9-15(18)11-5-6-13(16)14(17)8-11/h5-6,8,10,12H,2-4,7,9H2,1H3. The lowest BCUT2D eigenvalue weighted by atomic mass is 9.91. The fourth-order valence-electron chi connectivity index (χ4n) is 2.76. The number of rotatable bonds is 4. The zero-order valence-corrected chi connectivity index (χ0v) is 14.1. The Balaban J connectivity index is 2.12. The number of Topliss-reactive ketones (excluding diaryl/α,β-unsaturated/α-hetero) is 1. The van der Waals surface area contributed by atoms with E-state index in [4.69, 9.17) is 23.2 Å². The van der Waals surface area contributed by atoms with E-state index in [0.29, 0.717) is 23.8 Å². The summed E-state index contributed by atoms with van der Waals surface area (Å²) in [7, 11) is -3.41. The van der Waals surface area contributed by atoms with Gasteiger partial charge in [0.05, 0.1) is 15.3 Å². The fraction of sp³-hybridized carbons (Fsp3) is 0.533. The number of halogens is 2. The van der Waals surface area contributed by atoms with Crippen LogP contribution in [0.3, 0.4) is 0 Å². The van der Waals surface area contributed by atoms with Gasteiger partial charge in [-0.05, 0) is 37.0 Å². The Morgan fingerprint density at radius 1 is 1.24 bits per heavy atom. The molecule has 0 spiro atoms. The molecule has 0 aromatic heterocycles. The van der Waals surface area contributed by atoms with Crippen molar-refractivity contribution in [1.82, 2.24) is 0 Å². The lowest BCUT2D eigenvalue weighted by molar-refractivity contribution is 0.102. The Kier molecular flexibility index (Phi) is 5.33. The summed E-state index contributed by atoms with van der Waals surface area (Å²) in [5.41, 5.74) is 0.289. The minimum absolute atomic E-state index is 0.256. The van der Waals surface area contributed by atoms with E-state index in [9.17, 15) is 13.2 Å². The number of ketones is 1. The van der Waals surface area contributed by atoms with Crippen molar-refractivity contribution in [2.24, 2.45) is 5.92 Å². The highest BCUT2D eigenvalue weighted by Gasteiger charge is 2.32. The second-order valence-corrected chi connectivity index (χ2v) is 8.85. The number of hydrogen-bond acceptors (Lipinski definition) is 3. The van der Waals surface area contributed by atoms with Crippen LogP contribution in [0.15, 0.2) is 18.2 Å². The molecule has 0 amide bonds. The van der Waals surface area contributed by atoms with Crippen molar-refractivity contribution in [3.63, 3.8) is 0 Å². The summed E-state index contributed by atoms with van der Waals surface area (Å²) in [5, 5.41) is 0.205. The van der Waals surface area contributed by atoms with Crippen molar-refractivity contribution in [2.75, 3.05) is 5.75 Å². The van der Waals surface area contributed by atoms with E-state index in [0.717, 1.165) is 12.8 Å². The lowest BCUT2D eigenvalue weighted by Gasteiger charge is -2.26. The topological polar surface area (TPSA) is 51.2 Å². The van der Waals surface area contributed by atoms with Crippen LogP contribution < -0.4 is 0 Å². The molecule has 0 aliphatic heterocycles. The quantitative estimate of drug-likeness (QED) is 0.767. The number of carbonyl (C=O) groups excluding carboxylic acids is 1. The highest BCUT2D eigenvalue weighted by Crippen LogP contribution is 2.29. The molecule has 0 heterocycles. The van der Waals surface area contributed by atoms with Gasteiger partial charge in [-0.1, -0.05) is 43.0 Å². The maximum absolute atomic E-state index is 12.4. The zero-order valence-electron chi connectivity index (χ0n) is 11.8. The molecule has 0 radical (unpaired) electrons. The van der Waals surface area contributed by atoms with Crippen LogP contribution in [0.4, 0.5) is 0 Å². The van der Waals surface area contributed by atoms with Crippen LogP contribution in [0.5, 0.6) is 0 Å². The average Bonchev–Trinajstić information content (AvgIpc) is 2.41. The minimum Gasteiger partial charge on any atom is -0.293 e. The van der Waals surface area contributed by atoms with Crippen molar-refractivity contribution in [3.8, 4) is 0 Å². The third-order valence-electron chi connectivity index (χ3n) is 3.97. The molecule has 2 rings (SSSR count). The van der Waals surface area contributed by atoms with Gasteiger partial charge in [-0.15, -0.1) is 0 Å². The average molecular weight is 349 g/mol. The van der Waals surface area contributed by atoms with E-state index in [2.05, 4.69) is 6.92 Å². The van der Waals surface area contributed by atoms with E-state index >= 15 is 0 Å². The van der Waals surface area contributed by atoms with E-state index in [1.807, 2.05) is 0 Å². The minimum atomic E-state index is -3.41. The van der Waals surface area contributed by atoms with Crippen molar-refractivity contribution in [3.05, 3.63) is 33.8 Å². The van der Waals surface area contributed by atoms with Gasteiger partial charge in [0.2, 0.25) is 0 Å². The molecular formula is C15H18Cl2O3S. The molecule has 1 aromatic rings. The predicted molar refractivity (Wildman–Crippen MR) is 86.0 cm³/mol. The molecule has 0 saturated heterocycles. The first-order valence-corrected chi connectivity index (χ1v) is 9.46. The summed E-state index contributed by atoms with van der Waals surface area (Å²) < 4.78 is 24.8. The molecule has 2 unspecified atom stereocenters. The maximum atomic E-state index is 12.4. The number of sulfone groups is 1. The first-order valence-electron chi connectivity index (χ1n) is 6.99. The Hall–Kier alpha value is -0.580. The smallest absolute Gasteiger partial charge is 0.177 e. The molecule has 0 bridgehead atoms. The summed E-state index contributed by atoms with van der Waals surface area (Å²) in [5.74, 6) is -0.479. The first-order chi connectivity index (χ1) is 9.79. The van der Waals surface area contributed by atoms with E-state index < -0.39 is 26.6 Å². The Bertz CT molecular complexity index is 640. The van der Waals surface area contributed by atoms with Crippen LogP contribution in [0.25, 0.3) is 0 Å². The Morgan fingerprint density at radius 3 is 2.57 bits per heavy atom. The highest BCUT2D eigenvalue weighted by molar-refractivity contribution is 7.92. The van der Waals surface area contributed by atoms with Crippen LogP contribution in [0.2, 0.25) is 10.0 Å². The molecule has 2 atom stereocenters. The highest BCUT2D eigenvalue weighted by atomic mass is 35.5. The number of benzene rings is 1. The van der Waals surface area contributed by atoms with Gasteiger partial charge in [-0.25, -0.2) is 8.42 Å². The van der Waals surface area contributed by atoms with Crippen molar-refractivity contribution in [1.29, 1.82) is 0 Å². The Labute approximate surface area is 135 Å². The third-order valence-corrected chi connectivity index (χ3v) is 6.82. The van der Waals surface area contributed by atoms with Gasteiger partial charge in [0.15, 0.2) is 15.6 Å². The van der Waals surface area contributed by atoms with Gasteiger partial charge >= 0.3 is 0 Å². The molecule has 1 aromatic carbocycles. The van der Waals surface area contributed by atoms with Crippen LogP contribution in [-0.2, 0) is 9.84 Å². The van der Waals surface area contributed by atoms with E-state index in [1.165, 1.54) is 18.2 Å². The van der Waals surface area contributed by atoms with Gasteiger partial charge in [0, 0.05) is 5.56 Å². The molecule has 1 saturated carbocycles. The SMILES string of the molecule is CC1CCCC(S(=O)(=O)CC(=O)c2ccc(Cl)c(Cl)c2)C1. The van der Waals surface area contributed by atoms with Gasteiger partial charge < -0.3 is 0 Å². The molecule has 3 nitrogen and oxygen atoms in total. The zero-order chi connectivity index (χ0) is 15.6. The third kappa shape index (κ3) is 4.21. The van der Waals surface area contributed by atoms with Crippen LogP contribution in [-0.4, -0.2) is 25.2 Å². The van der Waals surface area contributed by atoms with E-state index in [1.54, 1.807) is 0 Å². The van der Waals surface area contributed by atoms with Crippen molar-refractivity contribution < 1.29 is 13.2 Å². The molecule has 6 heteroatoms. The van der Waals surface area contributed by atoms with Crippen LogP contribution >= 0.6 is 23.2 Å². The molecule has 116 valence electrons. The van der Waals surface area contributed by atoms with Crippen LogP contribution in [0, 0.1) is 5.92 Å². The second-order valence-electron chi connectivity index (χ2n) is 5.75. The monoisotopic (exact) mass is 348 g/mol. The summed E-state index contributed by atoms with van der Waals surface area (Å²) in [6.45, 7) is 2.06. The summed E-state index contributed by atoms with van der Waals surface area (Å²) in [6.07, 6.45) is 3.27. The van der Waals surface area contributed by atoms with Gasteiger partial charge in [-0.3, -0.25) is 4.79 Å². The molecule has 1 aliphatic rings. The lowest BCUT2D eigenvalue weighted by Crippen LogP contribution is -2.32. The summed E-state index contributed by atoms with van der Waals surface area (Å²) in [4.78, 5) is 12.2.